The molecule has 0 saturated carbocycles. The van der Waals surface area contributed by atoms with E-state index in [4.69, 9.17) is 0 Å². The third kappa shape index (κ3) is 5.57. The van der Waals surface area contributed by atoms with Crippen molar-refractivity contribution in [1.29, 1.82) is 0 Å². The number of nitrogens with one attached hydrogen (secondary N) is 2. The Bertz CT molecular complexity index is 814. The minimum atomic E-state index is -0.915. The third-order valence-corrected chi connectivity index (χ3v) is 5.59. The molecule has 4 atom stereocenters. The van der Waals surface area contributed by atoms with Gasteiger partial charge >= 0.3 is 5.97 Å². The van der Waals surface area contributed by atoms with Crippen molar-refractivity contribution in [1.82, 2.24) is 20.6 Å². The largest absolute Gasteiger partial charge is 0.481 e. The lowest BCUT2D eigenvalue weighted by Gasteiger charge is -2.23. The lowest BCUT2D eigenvalue weighted by atomic mass is 9.81. The Balaban J connectivity index is 1.78. The predicted octanol–water partition coefficient (Wildman–Crippen LogP) is 0.562. The van der Waals surface area contributed by atoms with Crippen LogP contribution in [0.3, 0.4) is 0 Å². The molecule has 1 fully saturated rings. The number of quaternary nitrogens is 1. The highest BCUT2D eigenvalue weighted by Crippen LogP contribution is 2.31. The molecule has 0 radical (unpaired) electrons. The number of likely N-dealkylation sites (tertiary alicyclic amines) is 1. The second kappa shape index (κ2) is 9.41. The summed E-state index contributed by atoms with van der Waals surface area (Å²) in [5.74, 6) is -1.90. The van der Waals surface area contributed by atoms with Gasteiger partial charge < -0.3 is 15.1 Å². The number of rotatable bonds is 9. The highest BCUT2D eigenvalue weighted by Gasteiger charge is 2.33. The molecule has 0 spiro atoms. The number of carboxylic acid groups (broad SMARTS) is 1. The van der Waals surface area contributed by atoms with Crippen LogP contribution in [0.4, 0.5) is 4.39 Å². The standard InChI is InChI=1S/C20H28FN5O3/c1-12(2)7-17(20(28)29)16(19-22-24-25-23-19)8-13-3-4-14(18(21)9-13)10-26-6-5-15(27)11-26/h3-4,9,12,15-17,27H,5-8,10-11H2,1-2H3,(H,28,29)(H,22,23,24,25)/p+1/t15?,16-,17-/m0/s1. The first-order chi connectivity index (χ1) is 13.8. The molecule has 2 aromatic rings. The number of hydrogen-bond acceptors (Lipinski definition) is 5. The van der Waals surface area contributed by atoms with E-state index < -0.39 is 17.8 Å². The molecule has 4 N–H and O–H groups in total. The number of H-pyrrole nitrogens is 1. The average molecular weight is 406 g/mol. The van der Waals surface area contributed by atoms with Gasteiger partial charge in [-0.25, -0.2) is 4.39 Å². The molecule has 0 amide bonds. The molecule has 1 aliphatic heterocycles. The number of hydrogen-bond donors (Lipinski definition) is 4. The second-order valence-electron chi connectivity index (χ2n) is 8.40. The summed E-state index contributed by atoms with van der Waals surface area (Å²) in [6.45, 7) is 5.93. The summed E-state index contributed by atoms with van der Waals surface area (Å²) in [4.78, 5) is 13.1. The van der Waals surface area contributed by atoms with Crippen LogP contribution in [-0.2, 0) is 17.8 Å². The Labute approximate surface area is 169 Å². The zero-order valence-electron chi connectivity index (χ0n) is 16.8. The first kappa shape index (κ1) is 21.3. The summed E-state index contributed by atoms with van der Waals surface area (Å²) in [6, 6.07) is 5.07. The number of halogens is 1. The number of tetrazole rings is 1. The van der Waals surface area contributed by atoms with Crippen molar-refractivity contribution < 1.29 is 24.3 Å². The summed E-state index contributed by atoms with van der Waals surface area (Å²) in [6.07, 6.45) is 1.22. The van der Waals surface area contributed by atoms with Crippen LogP contribution in [0.15, 0.2) is 18.2 Å². The van der Waals surface area contributed by atoms with Gasteiger partial charge in [0.15, 0.2) is 5.82 Å². The van der Waals surface area contributed by atoms with E-state index in [2.05, 4.69) is 20.6 Å². The number of nitrogens with zero attached hydrogens (tertiary/aromatic N) is 3. The fraction of sp³-hybridized carbons (Fsp3) is 0.600. The number of aliphatic hydroxyl groups is 1. The van der Waals surface area contributed by atoms with E-state index in [9.17, 15) is 19.4 Å². The van der Waals surface area contributed by atoms with Gasteiger partial charge in [0.2, 0.25) is 0 Å². The quantitative estimate of drug-likeness (QED) is 0.484. The second-order valence-corrected chi connectivity index (χ2v) is 8.40. The third-order valence-electron chi connectivity index (χ3n) is 5.59. The molecule has 0 bridgehead atoms. The zero-order valence-corrected chi connectivity index (χ0v) is 16.8. The molecule has 0 aliphatic carbocycles. The van der Waals surface area contributed by atoms with E-state index in [1.807, 2.05) is 19.9 Å². The zero-order chi connectivity index (χ0) is 21.0. The molecule has 2 unspecified atom stereocenters. The van der Waals surface area contributed by atoms with Gasteiger partial charge in [0.25, 0.3) is 0 Å². The van der Waals surface area contributed by atoms with Gasteiger partial charge in [-0.3, -0.25) is 4.79 Å². The van der Waals surface area contributed by atoms with Gasteiger partial charge in [0, 0.05) is 17.9 Å². The Morgan fingerprint density at radius 1 is 1.41 bits per heavy atom. The molecule has 3 rings (SSSR count). The lowest BCUT2D eigenvalue weighted by molar-refractivity contribution is -0.902. The Kier molecular flexibility index (Phi) is 6.92. The number of carbonyl (C=O) groups is 1. The van der Waals surface area contributed by atoms with Crippen LogP contribution in [0.25, 0.3) is 0 Å². The van der Waals surface area contributed by atoms with Gasteiger partial charge in [-0.1, -0.05) is 31.2 Å². The predicted molar refractivity (Wildman–Crippen MR) is 103 cm³/mol. The van der Waals surface area contributed by atoms with Crippen molar-refractivity contribution in [3.8, 4) is 0 Å². The van der Waals surface area contributed by atoms with Gasteiger partial charge in [-0.05, 0) is 30.4 Å². The van der Waals surface area contributed by atoms with Crippen molar-refractivity contribution in [3.05, 3.63) is 41.0 Å². The molecule has 1 aliphatic rings. The topological polar surface area (TPSA) is 116 Å². The SMILES string of the molecule is CC(C)C[C@H](C(=O)O)[C@H](Cc1ccc(C[NH+]2CCC(O)C2)c(F)c1)c1nn[nH]n1. The molecule has 1 saturated heterocycles. The first-order valence-electron chi connectivity index (χ1n) is 10.1. The average Bonchev–Trinajstić information content (AvgIpc) is 3.32. The van der Waals surface area contributed by atoms with E-state index >= 15 is 0 Å². The minimum Gasteiger partial charge on any atom is -0.481 e. The number of aromatic amines is 1. The highest BCUT2D eigenvalue weighted by atomic mass is 19.1. The molecule has 29 heavy (non-hydrogen) atoms. The van der Waals surface area contributed by atoms with Crippen molar-refractivity contribution in [2.24, 2.45) is 11.8 Å². The smallest absolute Gasteiger partial charge is 0.307 e. The molecule has 1 aromatic heterocycles. The summed E-state index contributed by atoms with van der Waals surface area (Å²) in [5.41, 5.74) is 1.30. The number of aliphatic hydroxyl groups excluding tert-OH is 1. The summed E-state index contributed by atoms with van der Waals surface area (Å²) in [7, 11) is 0. The van der Waals surface area contributed by atoms with E-state index in [1.165, 1.54) is 6.07 Å². The van der Waals surface area contributed by atoms with Crippen LogP contribution in [0.1, 0.15) is 49.6 Å². The van der Waals surface area contributed by atoms with Crippen molar-refractivity contribution in [2.45, 2.75) is 51.7 Å². The highest BCUT2D eigenvalue weighted by molar-refractivity contribution is 5.71. The van der Waals surface area contributed by atoms with Crippen molar-refractivity contribution >= 4 is 5.97 Å². The van der Waals surface area contributed by atoms with E-state index in [0.29, 0.717) is 42.9 Å². The summed E-state index contributed by atoms with van der Waals surface area (Å²) in [5, 5.41) is 33.4. The number of aliphatic carboxylic acids is 1. The lowest BCUT2D eigenvalue weighted by Crippen LogP contribution is -3.09. The van der Waals surface area contributed by atoms with Crippen LogP contribution in [0.5, 0.6) is 0 Å². The molecule has 2 heterocycles. The van der Waals surface area contributed by atoms with Gasteiger partial charge in [-0.15, -0.1) is 10.2 Å². The van der Waals surface area contributed by atoms with Crippen molar-refractivity contribution in [3.63, 3.8) is 0 Å². The molecule has 8 nitrogen and oxygen atoms in total. The number of benzene rings is 1. The van der Waals surface area contributed by atoms with Crippen LogP contribution in [0, 0.1) is 17.7 Å². The Hall–Kier alpha value is -2.39. The fourth-order valence-corrected chi connectivity index (χ4v) is 4.14. The van der Waals surface area contributed by atoms with Gasteiger partial charge in [-0.2, -0.15) is 5.21 Å². The Morgan fingerprint density at radius 3 is 2.76 bits per heavy atom. The molecule has 158 valence electrons. The van der Waals surface area contributed by atoms with Crippen LogP contribution >= 0.6 is 0 Å². The van der Waals surface area contributed by atoms with Crippen LogP contribution in [-0.4, -0.2) is 56.0 Å². The maximum atomic E-state index is 14.7. The first-order valence-corrected chi connectivity index (χ1v) is 10.1. The maximum absolute atomic E-state index is 14.7. The van der Waals surface area contributed by atoms with Crippen LogP contribution in [0.2, 0.25) is 0 Å². The summed E-state index contributed by atoms with van der Waals surface area (Å²) >= 11 is 0. The minimum absolute atomic E-state index is 0.184. The van der Waals surface area contributed by atoms with Crippen LogP contribution < -0.4 is 4.90 Å². The van der Waals surface area contributed by atoms with Gasteiger partial charge in [0.1, 0.15) is 25.0 Å². The normalized spacial score (nSPS) is 21.4. The monoisotopic (exact) mass is 406 g/mol. The number of aromatic nitrogens is 4. The molecular weight excluding hydrogens is 377 g/mol. The fourth-order valence-electron chi connectivity index (χ4n) is 4.14. The summed E-state index contributed by atoms with van der Waals surface area (Å²) < 4.78 is 14.7. The molecular formula is C20H29FN5O3+. The van der Waals surface area contributed by atoms with Gasteiger partial charge in [0.05, 0.1) is 12.5 Å². The van der Waals surface area contributed by atoms with Crippen molar-refractivity contribution in [2.75, 3.05) is 13.1 Å². The number of carboxylic acids is 1. The van der Waals surface area contributed by atoms with E-state index in [1.54, 1.807) is 6.07 Å². The van der Waals surface area contributed by atoms with E-state index in [-0.39, 0.29) is 17.8 Å². The maximum Gasteiger partial charge on any atom is 0.307 e. The van der Waals surface area contributed by atoms with E-state index in [0.717, 1.165) is 17.9 Å². The molecule has 9 heteroatoms. The Morgan fingerprint density at radius 2 is 2.21 bits per heavy atom. The molecule has 1 aromatic carbocycles.